The van der Waals surface area contributed by atoms with E-state index in [-0.39, 0.29) is 11.7 Å². The summed E-state index contributed by atoms with van der Waals surface area (Å²) in [5.41, 5.74) is 3.37. The van der Waals surface area contributed by atoms with Crippen LogP contribution in [-0.4, -0.2) is 68.6 Å². The van der Waals surface area contributed by atoms with Gasteiger partial charge in [0.05, 0.1) is 13.5 Å². The van der Waals surface area contributed by atoms with Crippen molar-refractivity contribution in [3.05, 3.63) is 95.8 Å². The molecular formula is C30H34FN3O2. The van der Waals surface area contributed by atoms with Gasteiger partial charge in [-0.05, 0) is 53.4 Å². The number of amides is 1. The largest absolute Gasteiger partial charge is 0.497 e. The number of carbonyl (C=O) groups is 1. The molecule has 2 fully saturated rings. The second kappa shape index (κ2) is 11.1. The van der Waals surface area contributed by atoms with E-state index in [1.54, 1.807) is 7.11 Å². The van der Waals surface area contributed by atoms with Crippen molar-refractivity contribution >= 4 is 11.6 Å². The SMILES string of the molecule is COc1cccc(CC(=O)N2C[C@@H](CN3CCN(c4ccc(F)cc4)CC3)[C@H](c3ccccc3)C2)c1. The van der Waals surface area contributed by atoms with Gasteiger partial charge in [-0.25, -0.2) is 4.39 Å². The fourth-order valence-corrected chi connectivity index (χ4v) is 5.58. The highest BCUT2D eigenvalue weighted by atomic mass is 19.1. The number of likely N-dealkylation sites (tertiary alicyclic amines) is 1. The Morgan fingerprint density at radius 2 is 1.67 bits per heavy atom. The van der Waals surface area contributed by atoms with E-state index >= 15 is 0 Å². The summed E-state index contributed by atoms with van der Waals surface area (Å²) in [7, 11) is 1.65. The van der Waals surface area contributed by atoms with Gasteiger partial charge >= 0.3 is 0 Å². The number of nitrogens with zero attached hydrogens (tertiary/aromatic N) is 3. The highest BCUT2D eigenvalue weighted by molar-refractivity contribution is 5.79. The first-order valence-electron chi connectivity index (χ1n) is 12.8. The lowest BCUT2D eigenvalue weighted by atomic mass is 9.88. The molecule has 5 rings (SSSR count). The Morgan fingerprint density at radius 3 is 2.39 bits per heavy atom. The molecule has 0 radical (unpaired) electrons. The third-order valence-electron chi connectivity index (χ3n) is 7.57. The van der Waals surface area contributed by atoms with Crippen LogP contribution in [0.4, 0.5) is 10.1 Å². The lowest BCUT2D eigenvalue weighted by molar-refractivity contribution is -0.129. The van der Waals surface area contributed by atoms with E-state index in [0.717, 1.165) is 62.8 Å². The zero-order valence-corrected chi connectivity index (χ0v) is 20.9. The molecule has 0 spiro atoms. The molecule has 0 aromatic heterocycles. The van der Waals surface area contributed by atoms with Crippen molar-refractivity contribution in [2.24, 2.45) is 5.92 Å². The number of halogens is 1. The minimum Gasteiger partial charge on any atom is -0.497 e. The number of methoxy groups -OCH3 is 1. The number of piperazine rings is 1. The fraction of sp³-hybridized carbons (Fsp3) is 0.367. The number of hydrogen-bond donors (Lipinski definition) is 0. The Kier molecular flexibility index (Phi) is 7.52. The van der Waals surface area contributed by atoms with E-state index in [1.165, 1.54) is 17.7 Å². The van der Waals surface area contributed by atoms with Crippen LogP contribution in [-0.2, 0) is 11.2 Å². The van der Waals surface area contributed by atoms with Gasteiger partial charge < -0.3 is 14.5 Å². The van der Waals surface area contributed by atoms with E-state index in [1.807, 2.05) is 42.5 Å². The van der Waals surface area contributed by atoms with Crippen molar-refractivity contribution in [2.45, 2.75) is 12.3 Å². The van der Waals surface area contributed by atoms with Crippen molar-refractivity contribution < 1.29 is 13.9 Å². The van der Waals surface area contributed by atoms with E-state index < -0.39 is 0 Å². The molecule has 0 N–H and O–H groups in total. The molecule has 0 aliphatic carbocycles. The van der Waals surface area contributed by atoms with Gasteiger partial charge in [-0.15, -0.1) is 0 Å². The van der Waals surface area contributed by atoms with E-state index in [4.69, 9.17) is 4.74 Å². The Bertz CT molecular complexity index is 1150. The number of anilines is 1. The number of hydrogen-bond acceptors (Lipinski definition) is 4. The second-order valence-electron chi connectivity index (χ2n) is 9.87. The van der Waals surface area contributed by atoms with Crippen molar-refractivity contribution in [3.8, 4) is 5.75 Å². The van der Waals surface area contributed by atoms with Crippen LogP contribution in [0.15, 0.2) is 78.9 Å². The summed E-state index contributed by atoms with van der Waals surface area (Å²) in [6.07, 6.45) is 0.391. The maximum Gasteiger partial charge on any atom is 0.227 e. The maximum atomic E-state index is 13.3. The van der Waals surface area contributed by atoms with E-state index in [2.05, 4.69) is 39.0 Å². The molecule has 5 nitrogen and oxygen atoms in total. The summed E-state index contributed by atoms with van der Waals surface area (Å²) in [6, 6.07) is 25.2. The Hall–Kier alpha value is -3.38. The van der Waals surface area contributed by atoms with Gasteiger partial charge in [0, 0.05) is 57.4 Å². The Morgan fingerprint density at radius 1 is 0.917 bits per heavy atom. The Balaban J connectivity index is 1.24. The normalized spacial score (nSPS) is 20.5. The first-order chi connectivity index (χ1) is 17.6. The summed E-state index contributed by atoms with van der Waals surface area (Å²) in [4.78, 5) is 20.2. The highest BCUT2D eigenvalue weighted by Gasteiger charge is 2.37. The first kappa shape index (κ1) is 24.3. The standard InChI is InChI=1S/C30H34FN3O2/c1-36-28-9-5-6-23(18-28)19-30(35)34-21-25(29(22-34)24-7-3-2-4-8-24)20-32-14-16-33(17-15-32)27-12-10-26(31)11-13-27/h2-13,18,25,29H,14-17,19-22H2,1H3/t25-,29+/m1/s1. The molecule has 1 amide bonds. The zero-order chi connectivity index (χ0) is 24.9. The molecule has 6 heteroatoms. The lowest BCUT2D eigenvalue weighted by Gasteiger charge is -2.37. The first-order valence-corrected chi connectivity index (χ1v) is 12.8. The summed E-state index contributed by atoms with van der Waals surface area (Å²) in [5, 5.41) is 0. The number of ether oxygens (including phenoxy) is 1. The summed E-state index contributed by atoms with van der Waals surface area (Å²) >= 11 is 0. The third-order valence-corrected chi connectivity index (χ3v) is 7.57. The van der Waals surface area contributed by atoms with Crippen molar-refractivity contribution in [1.29, 1.82) is 0 Å². The van der Waals surface area contributed by atoms with Gasteiger partial charge in [0.1, 0.15) is 11.6 Å². The van der Waals surface area contributed by atoms with Crippen LogP contribution in [0.2, 0.25) is 0 Å². The number of rotatable bonds is 7. The van der Waals surface area contributed by atoms with E-state index in [0.29, 0.717) is 18.3 Å². The molecule has 0 unspecified atom stereocenters. The molecule has 36 heavy (non-hydrogen) atoms. The smallest absolute Gasteiger partial charge is 0.227 e. The van der Waals surface area contributed by atoms with Gasteiger partial charge in [-0.2, -0.15) is 0 Å². The Labute approximate surface area is 213 Å². The van der Waals surface area contributed by atoms with Gasteiger partial charge in [0.15, 0.2) is 0 Å². The predicted molar refractivity (Wildman–Crippen MR) is 141 cm³/mol. The molecule has 2 heterocycles. The number of benzene rings is 3. The van der Waals surface area contributed by atoms with Gasteiger partial charge in [-0.3, -0.25) is 9.69 Å². The van der Waals surface area contributed by atoms with Crippen LogP contribution in [0.25, 0.3) is 0 Å². The average Bonchev–Trinajstić information content (AvgIpc) is 3.34. The van der Waals surface area contributed by atoms with Crippen LogP contribution < -0.4 is 9.64 Å². The minimum absolute atomic E-state index is 0.174. The monoisotopic (exact) mass is 487 g/mol. The fourth-order valence-electron chi connectivity index (χ4n) is 5.58. The molecule has 2 saturated heterocycles. The summed E-state index contributed by atoms with van der Waals surface area (Å²) in [5.74, 6) is 1.47. The molecule has 2 aliphatic heterocycles. The van der Waals surface area contributed by atoms with Crippen LogP contribution in [0.5, 0.6) is 5.75 Å². The highest BCUT2D eigenvalue weighted by Crippen LogP contribution is 2.34. The van der Waals surface area contributed by atoms with Crippen LogP contribution in [0.3, 0.4) is 0 Å². The van der Waals surface area contributed by atoms with Crippen molar-refractivity contribution in [2.75, 3.05) is 57.8 Å². The molecule has 2 atom stereocenters. The summed E-state index contributed by atoms with van der Waals surface area (Å²) in [6.45, 7) is 6.29. The molecule has 188 valence electrons. The van der Waals surface area contributed by atoms with Gasteiger partial charge in [0.2, 0.25) is 5.91 Å². The van der Waals surface area contributed by atoms with Crippen LogP contribution >= 0.6 is 0 Å². The maximum absolute atomic E-state index is 13.3. The predicted octanol–water partition coefficient (Wildman–Crippen LogP) is 4.44. The minimum atomic E-state index is -0.198. The third kappa shape index (κ3) is 5.71. The molecule has 3 aromatic carbocycles. The molecule has 2 aliphatic rings. The zero-order valence-electron chi connectivity index (χ0n) is 20.9. The van der Waals surface area contributed by atoms with Crippen LogP contribution in [0, 0.1) is 11.7 Å². The van der Waals surface area contributed by atoms with Crippen LogP contribution in [0.1, 0.15) is 17.0 Å². The summed E-state index contributed by atoms with van der Waals surface area (Å²) < 4.78 is 18.6. The topological polar surface area (TPSA) is 36.0 Å². The number of carbonyl (C=O) groups excluding carboxylic acids is 1. The van der Waals surface area contributed by atoms with E-state index in [9.17, 15) is 9.18 Å². The molecule has 0 saturated carbocycles. The average molecular weight is 488 g/mol. The molecule has 3 aromatic rings. The van der Waals surface area contributed by atoms with Gasteiger partial charge in [-0.1, -0.05) is 42.5 Å². The quantitative estimate of drug-likeness (QED) is 0.494. The van der Waals surface area contributed by atoms with Crippen molar-refractivity contribution in [1.82, 2.24) is 9.80 Å². The lowest BCUT2D eigenvalue weighted by Crippen LogP contribution is -2.48. The second-order valence-corrected chi connectivity index (χ2v) is 9.87. The van der Waals surface area contributed by atoms with Crippen molar-refractivity contribution in [3.63, 3.8) is 0 Å². The van der Waals surface area contributed by atoms with Gasteiger partial charge in [0.25, 0.3) is 0 Å². The molecular weight excluding hydrogens is 453 g/mol. The molecule has 0 bridgehead atoms.